The highest BCUT2D eigenvalue weighted by molar-refractivity contribution is 6.20. The van der Waals surface area contributed by atoms with E-state index in [9.17, 15) is 14.4 Å². The van der Waals surface area contributed by atoms with Crippen molar-refractivity contribution in [2.75, 3.05) is 31.7 Å². The Morgan fingerprint density at radius 2 is 1.47 bits per heavy atom. The number of amides is 3. The molecule has 1 aliphatic rings. The molecule has 0 atom stereocenters. The topological polar surface area (TPSA) is 94.6 Å². The van der Waals surface area contributed by atoms with E-state index in [1.165, 1.54) is 7.11 Å². The number of imide groups is 1. The van der Waals surface area contributed by atoms with Gasteiger partial charge in [-0.3, -0.25) is 4.79 Å². The van der Waals surface area contributed by atoms with Crippen molar-refractivity contribution in [1.82, 2.24) is 4.90 Å². The Morgan fingerprint density at radius 1 is 0.796 bits per heavy atom. The number of carbonyl (C=O) groups excluding carboxylic acids is 3. The standard InChI is InChI=1S/C40H44N2O7/c1-40(2,3)49-38(44)41-23-20-29(21-24-41)22-25-47-34-18-19-36(48-28-30-12-7-5-8-13-30)35(27-34)37(43)42(39(45)46-4)33-17-11-16-32(26-33)31-14-9-6-10-15-31/h5-19,26-27,29H,20-25,28H2,1-4H3. The minimum absolute atomic E-state index is 0.162. The fourth-order valence-electron chi connectivity index (χ4n) is 5.67. The van der Waals surface area contributed by atoms with Gasteiger partial charge in [-0.25, -0.2) is 14.5 Å². The van der Waals surface area contributed by atoms with E-state index in [-0.39, 0.29) is 18.3 Å². The Balaban J connectivity index is 1.33. The third-order valence-electron chi connectivity index (χ3n) is 8.25. The van der Waals surface area contributed by atoms with Gasteiger partial charge in [-0.2, -0.15) is 0 Å². The van der Waals surface area contributed by atoms with E-state index in [2.05, 4.69) is 0 Å². The summed E-state index contributed by atoms with van der Waals surface area (Å²) in [5.74, 6) is 0.563. The Labute approximate surface area is 288 Å². The quantitative estimate of drug-likeness (QED) is 0.167. The van der Waals surface area contributed by atoms with Gasteiger partial charge in [0.15, 0.2) is 0 Å². The Bertz CT molecular complexity index is 1710. The van der Waals surface area contributed by atoms with Crippen molar-refractivity contribution >= 4 is 23.8 Å². The van der Waals surface area contributed by atoms with E-state index >= 15 is 0 Å². The van der Waals surface area contributed by atoms with E-state index in [1.54, 1.807) is 41.3 Å². The first-order chi connectivity index (χ1) is 23.6. The zero-order chi connectivity index (χ0) is 34.8. The molecule has 1 fully saturated rings. The molecule has 1 aliphatic heterocycles. The lowest BCUT2D eigenvalue weighted by atomic mass is 9.94. The fourth-order valence-corrected chi connectivity index (χ4v) is 5.67. The molecule has 1 heterocycles. The number of ether oxygens (including phenoxy) is 4. The van der Waals surface area contributed by atoms with Crippen molar-refractivity contribution in [1.29, 1.82) is 0 Å². The molecule has 4 aromatic carbocycles. The van der Waals surface area contributed by atoms with Crippen molar-refractivity contribution in [3.05, 3.63) is 114 Å². The number of benzene rings is 4. The SMILES string of the molecule is COC(=O)N(C(=O)c1cc(OCCC2CCN(C(=O)OC(C)(C)C)CC2)ccc1OCc1ccccc1)c1cccc(-c2ccccc2)c1. The van der Waals surface area contributed by atoms with Crippen LogP contribution in [0.25, 0.3) is 11.1 Å². The summed E-state index contributed by atoms with van der Waals surface area (Å²) in [6.07, 6.45) is 1.40. The molecule has 0 aliphatic carbocycles. The minimum Gasteiger partial charge on any atom is -0.494 e. The van der Waals surface area contributed by atoms with Crippen molar-refractivity contribution in [2.45, 2.75) is 52.2 Å². The maximum Gasteiger partial charge on any atom is 0.421 e. The highest BCUT2D eigenvalue weighted by Crippen LogP contribution is 2.32. The van der Waals surface area contributed by atoms with Gasteiger partial charge in [-0.15, -0.1) is 0 Å². The van der Waals surface area contributed by atoms with E-state index in [0.717, 1.165) is 40.9 Å². The van der Waals surface area contributed by atoms with Gasteiger partial charge in [-0.05, 0) is 93.0 Å². The van der Waals surface area contributed by atoms with Crippen LogP contribution in [0.2, 0.25) is 0 Å². The molecular formula is C40H44N2O7. The van der Waals surface area contributed by atoms with Gasteiger partial charge < -0.3 is 23.8 Å². The van der Waals surface area contributed by atoms with E-state index in [0.29, 0.717) is 42.8 Å². The smallest absolute Gasteiger partial charge is 0.421 e. The molecule has 9 nitrogen and oxygen atoms in total. The number of rotatable bonds is 10. The van der Waals surface area contributed by atoms with Crippen LogP contribution >= 0.6 is 0 Å². The van der Waals surface area contributed by atoms with Crippen molar-refractivity contribution in [3.8, 4) is 22.6 Å². The molecule has 49 heavy (non-hydrogen) atoms. The summed E-state index contributed by atoms with van der Waals surface area (Å²) < 4.78 is 22.9. The maximum absolute atomic E-state index is 14.3. The van der Waals surface area contributed by atoms with Crippen LogP contribution in [0.15, 0.2) is 103 Å². The summed E-state index contributed by atoms with van der Waals surface area (Å²) in [4.78, 5) is 42.8. The molecule has 1 saturated heterocycles. The number of nitrogens with zero attached hydrogens (tertiary/aromatic N) is 2. The second-order valence-electron chi connectivity index (χ2n) is 13.0. The van der Waals surface area contributed by atoms with Gasteiger partial charge in [0, 0.05) is 13.1 Å². The van der Waals surface area contributed by atoms with Gasteiger partial charge in [0.05, 0.1) is 25.0 Å². The lowest BCUT2D eigenvalue weighted by Crippen LogP contribution is -2.41. The van der Waals surface area contributed by atoms with Crippen molar-refractivity contribution < 1.29 is 33.3 Å². The zero-order valence-electron chi connectivity index (χ0n) is 28.6. The van der Waals surface area contributed by atoms with Gasteiger partial charge in [0.25, 0.3) is 5.91 Å². The number of carbonyl (C=O) groups is 3. The number of anilines is 1. The number of piperidine rings is 1. The van der Waals surface area contributed by atoms with Gasteiger partial charge >= 0.3 is 12.2 Å². The van der Waals surface area contributed by atoms with Gasteiger partial charge in [-0.1, -0.05) is 72.8 Å². The summed E-state index contributed by atoms with van der Waals surface area (Å²) >= 11 is 0. The predicted octanol–water partition coefficient (Wildman–Crippen LogP) is 8.76. The Morgan fingerprint density at radius 3 is 2.14 bits per heavy atom. The first-order valence-electron chi connectivity index (χ1n) is 16.6. The second kappa shape index (κ2) is 16.2. The van der Waals surface area contributed by atoms with Crippen LogP contribution in [0, 0.1) is 5.92 Å². The molecule has 9 heteroatoms. The Kier molecular flexibility index (Phi) is 11.6. The normalized spacial score (nSPS) is 13.3. The van der Waals surface area contributed by atoms with E-state index < -0.39 is 17.6 Å². The number of hydrogen-bond acceptors (Lipinski definition) is 7. The average Bonchev–Trinajstić information content (AvgIpc) is 3.11. The molecule has 0 bridgehead atoms. The molecule has 0 aromatic heterocycles. The summed E-state index contributed by atoms with van der Waals surface area (Å²) in [6.45, 7) is 7.53. The molecule has 0 unspecified atom stereocenters. The summed E-state index contributed by atoms with van der Waals surface area (Å²) in [7, 11) is 1.24. The highest BCUT2D eigenvalue weighted by Gasteiger charge is 2.30. The zero-order valence-corrected chi connectivity index (χ0v) is 28.6. The monoisotopic (exact) mass is 664 g/mol. The molecular weight excluding hydrogens is 620 g/mol. The van der Waals surface area contributed by atoms with Crippen LogP contribution in [0.5, 0.6) is 11.5 Å². The highest BCUT2D eigenvalue weighted by atomic mass is 16.6. The van der Waals surface area contributed by atoms with E-state index in [4.69, 9.17) is 18.9 Å². The molecule has 3 amide bonds. The molecule has 5 rings (SSSR count). The van der Waals surface area contributed by atoms with Crippen LogP contribution in [0.3, 0.4) is 0 Å². The van der Waals surface area contributed by atoms with E-state index in [1.807, 2.05) is 87.5 Å². The molecule has 0 saturated carbocycles. The minimum atomic E-state index is -0.826. The number of hydrogen-bond donors (Lipinski definition) is 0. The van der Waals surface area contributed by atoms with Crippen molar-refractivity contribution in [2.24, 2.45) is 5.92 Å². The van der Waals surface area contributed by atoms with Crippen LogP contribution in [0.1, 0.15) is 56.0 Å². The first-order valence-corrected chi connectivity index (χ1v) is 16.6. The van der Waals surface area contributed by atoms with Gasteiger partial charge in [0.2, 0.25) is 0 Å². The molecule has 0 radical (unpaired) electrons. The number of methoxy groups -OCH3 is 1. The largest absolute Gasteiger partial charge is 0.494 e. The Hall–Kier alpha value is -5.31. The summed E-state index contributed by atoms with van der Waals surface area (Å²) in [6, 6.07) is 31.6. The third kappa shape index (κ3) is 9.63. The van der Waals surface area contributed by atoms with Crippen LogP contribution in [-0.4, -0.2) is 55.4 Å². The summed E-state index contributed by atoms with van der Waals surface area (Å²) in [5.41, 5.74) is 2.71. The van der Waals surface area contributed by atoms with Crippen LogP contribution < -0.4 is 14.4 Å². The summed E-state index contributed by atoms with van der Waals surface area (Å²) in [5, 5.41) is 0. The van der Waals surface area contributed by atoms with Crippen LogP contribution in [0.4, 0.5) is 15.3 Å². The maximum atomic E-state index is 14.3. The molecule has 4 aromatic rings. The van der Waals surface area contributed by atoms with Gasteiger partial charge in [0.1, 0.15) is 23.7 Å². The average molecular weight is 665 g/mol. The molecule has 256 valence electrons. The lowest BCUT2D eigenvalue weighted by Gasteiger charge is -2.33. The first kappa shape index (κ1) is 35.0. The fraction of sp³-hybridized carbons (Fsp3) is 0.325. The molecule has 0 spiro atoms. The third-order valence-corrected chi connectivity index (χ3v) is 8.25. The number of likely N-dealkylation sites (tertiary alicyclic amines) is 1. The van der Waals surface area contributed by atoms with Crippen molar-refractivity contribution in [3.63, 3.8) is 0 Å². The second-order valence-corrected chi connectivity index (χ2v) is 13.0. The predicted molar refractivity (Wildman–Crippen MR) is 189 cm³/mol. The van der Waals surface area contributed by atoms with Crippen LogP contribution in [-0.2, 0) is 16.1 Å². The molecule has 0 N–H and O–H groups in total. The lowest BCUT2D eigenvalue weighted by molar-refractivity contribution is 0.0177.